The summed E-state index contributed by atoms with van der Waals surface area (Å²) in [5, 5.41) is 5.64. The van der Waals surface area contributed by atoms with Gasteiger partial charge in [0.1, 0.15) is 10.7 Å². The molecule has 1 aromatic rings. The molecule has 0 saturated heterocycles. The van der Waals surface area contributed by atoms with Crippen molar-refractivity contribution in [2.45, 2.75) is 46.1 Å². The first-order valence-electron chi connectivity index (χ1n) is 6.97. The molecule has 3 N–H and O–H groups in total. The van der Waals surface area contributed by atoms with Crippen molar-refractivity contribution in [2.75, 3.05) is 6.54 Å². The molecule has 0 radical (unpaired) electrons. The number of nitrogens with zero attached hydrogens (tertiary/aromatic N) is 1. The fourth-order valence-corrected chi connectivity index (χ4v) is 3.52. The van der Waals surface area contributed by atoms with E-state index in [-0.39, 0.29) is 5.91 Å². The van der Waals surface area contributed by atoms with Crippen LogP contribution in [0.1, 0.15) is 55.0 Å². The van der Waals surface area contributed by atoms with Crippen molar-refractivity contribution >= 4 is 17.2 Å². The van der Waals surface area contributed by atoms with E-state index in [4.69, 9.17) is 5.73 Å². The van der Waals surface area contributed by atoms with Gasteiger partial charge in [0.2, 0.25) is 0 Å². The Hall–Kier alpha value is -0.940. The summed E-state index contributed by atoms with van der Waals surface area (Å²) in [5.41, 5.74) is 6.34. The second-order valence-electron chi connectivity index (χ2n) is 5.96. The highest BCUT2D eigenvalue weighted by Gasteiger charge is 2.37. The first-order chi connectivity index (χ1) is 9.04. The monoisotopic (exact) mass is 281 g/mol. The van der Waals surface area contributed by atoms with Crippen LogP contribution in [0.5, 0.6) is 0 Å². The fourth-order valence-electron chi connectivity index (χ4n) is 2.86. The van der Waals surface area contributed by atoms with Crippen molar-refractivity contribution in [2.24, 2.45) is 17.1 Å². The highest BCUT2D eigenvalue weighted by atomic mass is 32.1. The van der Waals surface area contributed by atoms with E-state index in [9.17, 15) is 4.79 Å². The number of carbonyl (C=O) groups excluding carboxylic acids is 1. The Morgan fingerprint density at radius 1 is 1.58 bits per heavy atom. The molecule has 19 heavy (non-hydrogen) atoms. The maximum atomic E-state index is 12.0. The number of carbonyl (C=O) groups is 1. The number of nitrogens with two attached hydrogens (primary N) is 1. The van der Waals surface area contributed by atoms with Crippen molar-refractivity contribution in [1.82, 2.24) is 10.3 Å². The molecule has 1 heterocycles. The second-order valence-corrected chi connectivity index (χ2v) is 6.91. The van der Waals surface area contributed by atoms with E-state index in [1.807, 2.05) is 0 Å². The third kappa shape index (κ3) is 3.54. The fraction of sp³-hybridized carbons (Fsp3) is 0.714. The summed E-state index contributed by atoms with van der Waals surface area (Å²) in [6.45, 7) is 5.67. The third-order valence-electron chi connectivity index (χ3n) is 3.84. The summed E-state index contributed by atoms with van der Waals surface area (Å²) < 4.78 is 0. The van der Waals surface area contributed by atoms with Crippen LogP contribution in [-0.2, 0) is 6.54 Å². The molecule has 5 heteroatoms. The van der Waals surface area contributed by atoms with Crippen LogP contribution >= 0.6 is 11.3 Å². The number of nitrogens with one attached hydrogen (secondary N) is 1. The molecule has 0 spiro atoms. The molecule has 106 valence electrons. The van der Waals surface area contributed by atoms with E-state index in [0.717, 1.165) is 11.6 Å². The van der Waals surface area contributed by atoms with Gasteiger partial charge in [-0.05, 0) is 30.6 Å². The Morgan fingerprint density at radius 3 is 2.79 bits per heavy atom. The first-order valence-corrected chi connectivity index (χ1v) is 7.85. The van der Waals surface area contributed by atoms with Crippen LogP contribution in [0.2, 0.25) is 0 Å². The van der Waals surface area contributed by atoms with E-state index in [2.05, 4.69) is 24.1 Å². The molecule has 1 aliphatic rings. The van der Waals surface area contributed by atoms with Crippen molar-refractivity contribution in [3.8, 4) is 0 Å². The zero-order chi connectivity index (χ0) is 13.9. The number of hydrogen-bond acceptors (Lipinski definition) is 4. The lowest BCUT2D eigenvalue weighted by Gasteiger charge is -2.43. The van der Waals surface area contributed by atoms with Gasteiger partial charge in [0.05, 0.1) is 0 Å². The standard InChI is InChI=1S/C14H23N3OS/c1-10(2)6-14(4-3-5-14)9-16-13(18)11-8-19-12(7-15)17-11/h8,10H,3-7,9,15H2,1-2H3,(H,16,18). The van der Waals surface area contributed by atoms with Crippen LogP contribution in [0.3, 0.4) is 0 Å². The molecule has 1 aromatic heterocycles. The van der Waals surface area contributed by atoms with Gasteiger partial charge in [0.15, 0.2) is 0 Å². The lowest BCUT2D eigenvalue weighted by molar-refractivity contribution is 0.0777. The van der Waals surface area contributed by atoms with Crippen molar-refractivity contribution in [3.63, 3.8) is 0 Å². The summed E-state index contributed by atoms with van der Waals surface area (Å²) in [4.78, 5) is 16.3. The van der Waals surface area contributed by atoms with Crippen LogP contribution in [0.4, 0.5) is 0 Å². The van der Waals surface area contributed by atoms with Crippen LogP contribution in [0, 0.1) is 11.3 Å². The van der Waals surface area contributed by atoms with E-state index in [1.165, 1.54) is 37.0 Å². The van der Waals surface area contributed by atoms with Gasteiger partial charge in [-0.2, -0.15) is 0 Å². The average Bonchev–Trinajstić information content (AvgIpc) is 2.80. The number of rotatable bonds is 6. The summed E-state index contributed by atoms with van der Waals surface area (Å²) >= 11 is 1.44. The number of aromatic nitrogens is 1. The van der Waals surface area contributed by atoms with E-state index in [1.54, 1.807) is 5.38 Å². The normalized spacial score (nSPS) is 17.3. The topological polar surface area (TPSA) is 68.0 Å². The molecule has 1 saturated carbocycles. The SMILES string of the molecule is CC(C)CC1(CNC(=O)c2csc(CN)n2)CCC1. The van der Waals surface area contributed by atoms with Gasteiger partial charge in [-0.25, -0.2) is 4.98 Å². The maximum absolute atomic E-state index is 12.0. The lowest BCUT2D eigenvalue weighted by atomic mass is 9.64. The first kappa shape index (κ1) is 14.5. The van der Waals surface area contributed by atoms with Crippen molar-refractivity contribution < 1.29 is 4.79 Å². The van der Waals surface area contributed by atoms with Gasteiger partial charge in [0.25, 0.3) is 5.91 Å². The molecule has 4 nitrogen and oxygen atoms in total. The zero-order valence-corrected chi connectivity index (χ0v) is 12.6. The second kappa shape index (κ2) is 6.01. The predicted molar refractivity (Wildman–Crippen MR) is 78.1 cm³/mol. The maximum Gasteiger partial charge on any atom is 0.270 e. The van der Waals surface area contributed by atoms with Crippen LogP contribution in [-0.4, -0.2) is 17.4 Å². The highest BCUT2D eigenvalue weighted by molar-refractivity contribution is 7.09. The predicted octanol–water partition coefficient (Wildman–Crippen LogP) is 2.55. The van der Waals surface area contributed by atoms with Gasteiger partial charge in [-0.3, -0.25) is 4.79 Å². The Morgan fingerprint density at radius 2 is 2.32 bits per heavy atom. The van der Waals surface area contributed by atoms with Gasteiger partial charge in [-0.1, -0.05) is 20.3 Å². The highest BCUT2D eigenvalue weighted by Crippen LogP contribution is 2.45. The van der Waals surface area contributed by atoms with Gasteiger partial charge >= 0.3 is 0 Å². The van der Waals surface area contributed by atoms with E-state index in [0.29, 0.717) is 23.6 Å². The molecule has 0 aromatic carbocycles. The molecule has 0 aliphatic heterocycles. The average molecular weight is 281 g/mol. The molecule has 0 unspecified atom stereocenters. The molecule has 2 rings (SSSR count). The number of thiazole rings is 1. The molecule has 1 aliphatic carbocycles. The van der Waals surface area contributed by atoms with Gasteiger partial charge in [-0.15, -0.1) is 11.3 Å². The zero-order valence-electron chi connectivity index (χ0n) is 11.7. The lowest BCUT2D eigenvalue weighted by Crippen LogP contribution is -2.43. The third-order valence-corrected chi connectivity index (χ3v) is 4.71. The molecule has 0 atom stereocenters. The minimum absolute atomic E-state index is 0.0639. The summed E-state index contributed by atoms with van der Waals surface area (Å²) in [6, 6.07) is 0. The molecular weight excluding hydrogens is 258 g/mol. The Labute approximate surface area is 118 Å². The summed E-state index contributed by atoms with van der Waals surface area (Å²) in [7, 11) is 0. The number of hydrogen-bond donors (Lipinski definition) is 2. The minimum Gasteiger partial charge on any atom is -0.350 e. The van der Waals surface area contributed by atoms with E-state index >= 15 is 0 Å². The quantitative estimate of drug-likeness (QED) is 0.842. The van der Waals surface area contributed by atoms with Crippen LogP contribution in [0.25, 0.3) is 0 Å². The smallest absolute Gasteiger partial charge is 0.270 e. The van der Waals surface area contributed by atoms with E-state index < -0.39 is 0 Å². The summed E-state index contributed by atoms with van der Waals surface area (Å²) in [5.74, 6) is 0.617. The van der Waals surface area contributed by atoms with Crippen molar-refractivity contribution in [3.05, 3.63) is 16.1 Å². The largest absolute Gasteiger partial charge is 0.350 e. The number of amides is 1. The Bertz CT molecular complexity index is 438. The molecule has 1 fully saturated rings. The molecule has 0 bridgehead atoms. The molecule has 1 amide bonds. The van der Waals surface area contributed by atoms with Gasteiger partial charge < -0.3 is 11.1 Å². The van der Waals surface area contributed by atoms with Crippen LogP contribution in [0.15, 0.2) is 5.38 Å². The summed E-state index contributed by atoms with van der Waals surface area (Å²) in [6.07, 6.45) is 4.95. The Balaban J connectivity index is 1.88. The van der Waals surface area contributed by atoms with Crippen LogP contribution < -0.4 is 11.1 Å². The van der Waals surface area contributed by atoms with Gasteiger partial charge in [0, 0.05) is 18.5 Å². The minimum atomic E-state index is -0.0639. The molecular formula is C14H23N3OS. The van der Waals surface area contributed by atoms with Crippen molar-refractivity contribution in [1.29, 1.82) is 0 Å². The Kier molecular flexibility index (Phi) is 4.58.